The maximum Gasteiger partial charge on any atom is 0.270 e. The highest BCUT2D eigenvalue weighted by molar-refractivity contribution is 7.91. The van der Waals surface area contributed by atoms with Crippen molar-refractivity contribution in [3.63, 3.8) is 0 Å². The Kier molecular flexibility index (Phi) is 6.22. The standard InChI is InChI=1S/C12H16ClNO5S/c1-2-6-20(17,18)7-5-19-12-4-3-11(14(15)16)8-10(12)9-13/h3-4,8H,2,5-7,9H2,1H3. The van der Waals surface area contributed by atoms with Crippen LogP contribution in [0.4, 0.5) is 5.69 Å². The van der Waals surface area contributed by atoms with Crippen molar-refractivity contribution in [1.29, 1.82) is 0 Å². The first-order valence-electron chi connectivity index (χ1n) is 6.06. The molecular weight excluding hydrogens is 306 g/mol. The second kappa shape index (κ2) is 7.44. The fraction of sp³-hybridized carbons (Fsp3) is 0.500. The molecule has 1 aromatic carbocycles. The highest BCUT2D eigenvalue weighted by atomic mass is 35.5. The van der Waals surface area contributed by atoms with Crippen molar-refractivity contribution in [3.8, 4) is 5.75 Å². The highest BCUT2D eigenvalue weighted by Gasteiger charge is 2.13. The van der Waals surface area contributed by atoms with Crippen LogP contribution in [-0.2, 0) is 15.7 Å². The molecule has 1 rings (SSSR count). The molecule has 0 heterocycles. The summed E-state index contributed by atoms with van der Waals surface area (Å²) in [5.74, 6) is 0.467. The molecule has 8 heteroatoms. The molecule has 0 aromatic heterocycles. The van der Waals surface area contributed by atoms with E-state index < -0.39 is 14.8 Å². The van der Waals surface area contributed by atoms with Crippen LogP contribution in [0.15, 0.2) is 18.2 Å². The van der Waals surface area contributed by atoms with Crippen molar-refractivity contribution in [2.24, 2.45) is 0 Å². The minimum atomic E-state index is -3.11. The van der Waals surface area contributed by atoms with Gasteiger partial charge in [0.1, 0.15) is 12.4 Å². The molecule has 0 fully saturated rings. The third-order valence-electron chi connectivity index (χ3n) is 2.57. The van der Waals surface area contributed by atoms with Crippen molar-refractivity contribution in [2.75, 3.05) is 18.1 Å². The number of nitro groups is 1. The van der Waals surface area contributed by atoms with Gasteiger partial charge in [-0.2, -0.15) is 0 Å². The molecule has 0 aliphatic heterocycles. The molecule has 0 radical (unpaired) electrons. The number of alkyl halides is 1. The number of rotatable bonds is 8. The molecule has 20 heavy (non-hydrogen) atoms. The van der Waals surface area contributed by atoms with E-state index in [9.17, 15) is 18.5 Å². The fourth-order valence-electron chi connectivity index (χ4n) is 1.62. The predicted molar refractivity (Wildman–Crippen MR) is 77.1 cm³/mol. The fourth-order valence-corrected chi connectivity index (χ4v) is 2.99. The molecule has 112 valence electrons. The number of hydrogen-bond donors (Lipinski definition) is 0. The van der Waals surface area contributed by atoms with Crippen LogP contribution in [0.1, 0.15) is 18.9 Å². The molecular formula is C12H16ClNO5S. The first kappa shape index (κ1) is 16.7. The Balaban J connectivity index is 2.71. The summed E-state index contributed by atoms with van der Waals surface area (Å²) in [4.78, 5) is 10.1. The van der Waals surface area contributed by atoms with Gasteiger partial charge in [-0.15, -0.1) is 11.6 Å². The first-order valence-corrected chi connectivity index (χ1v) is 8.41. The van der Waals surface area contributed by atoms with Crippen LogP contribution in [0.5, 0.6) is 5.75 Å². The molecule has 0 N–H and O–H groups in total. The maximum absolute atomic E-state index is 11.5. The van der Waals surface area contributed by atoms with E-state index in [0.717, 1.165) is 0 Å². The van der Waals surface area contributed by atoms with Crippen LogP contribution in [-0.4, -0.2) is 31.5 Å². The van der Waals surface area contributed by atoms with Crippen LogP contribution in [0.2, 0.25) is 0 Å². The molecule has 0 unspecified atom stereocenters. The monoisotopic (exact) mass is 321 g/mol. The normalized spacial score (nSPS) is 11.3. The molecule has 0 spiro atoms. The van der Waals surface area contributed by atoms with E-state index in [4.69, 9.17) is 16.3 Å². The van der Waals surface area contributed by atoms with E-state index in [1.165, 1.54) is 18.2 Å². The minimum Gasteiger partial charge on any atom is -0.492 e. The van der Waals surface area contributed by atoms with Crippen LogP contribution >= 0.6 is 11.6 Å². The van der Waals surface area contributed by atoms with Gasteiger partial charge in [0.2, 0.25) is 0 Å². The van der Waals surface area contributed by atoms with E-state index in [1.54, 1.807) is 6.92 Å². The molecule has 0 saturated heterocycles. The minimum absolute atomic E-state index is 0.00400. The second-order valence-corrected chi connectivity index (χ2v) is 6.75. The SMILES string of the molecule is CCCS(=O)(=O)CCOc1ccc([N+](=O)[O-])cc1CCl. The lowest BCUT2D eigenvalue weighted by Crippen LogP contribution is -2.17. The van der Waals surface area contributed by atoms with E-state index in [1.807, 2.05) is 0 Å². The molecule has 0 atom stereocenters. The Labute approximate surface area is 122 Å². The second-order valence-electron chi connectivity index (χ2n) is 4.18. The number of non-ortho nitro benzene ring substituents is 1. The average molecular weight is 322 g/mol. The molecule has 1 aromatic rings. The summed E-state index contributed by atoms with van der Waals surface area (Å²) < 4.78 is 28.4. The zero-order valence-corrected chi connectivity index (χ0v) is 12.6. The topological polar surface area (TPSA) is 86.5 Å². The lowest BCUT2D eigenvalue weighted by molar-refractivity contribution is -0.384. The summed E-state index contributed by atoms with van der Waals surface area (Å²) in [7, 11) is -3.11. The Morgan fingerprint density at radius 2 is 2.05 bits per heavy atom. The summed E-state index contributed by atoms with van der Waals surface area (Å²) in [5.41, 5.74) is 0.389. The lowest BCUT2D eigenvalue weighted by Gasteiger charge is -2.10. The maximum atomic E-state index is 11.5. The summed E-state index contributed by atoms with van der Waals surface area (Å²) >= 11 is 5.71. The third-order valence-corrected chi connectivity index (χ3v) is 4.67. The van der Waals surface area contributed by atoms with Gasteiger partial charge in [-0.1, -0.05) is 6.92 Å². The zero-order chi connectivity index (χ0) is 15.2. The molecule has 0 bridgehead atoms. The average Bonchev–Trinajstić information content (AvgIpc) is 2.38. The van der Waals surface area contributed by atoms with Gasteiger partial charge in [-0.3, -0.25) is 10.1 Å². The number of nitro benzene ring substituents is 1. The van der Waals surface area contributed by atoms with E-state index in [0.29, 0.717) is 17.7 Å². The van der Waals surface area contributed by atoms with Gasteiger partial charge < -0.3 is 4.74 Å². The van der Waals surface area contributed by atoms with Crippen molar-refractivity contribution in [3.05, 3.63) is 33.9 Å². The van der Waals surface area contributed by atoms with Gasteiger partial charge in [0.05, 0.1) is 22.3 Å². The Morgan fingerprint density at radius 1 is 1.35 bits per heavy atom. The third kappa shape index (κ3) is 4.97. The van der Waals surface area contributed by atoms with Gasteiger partial charge in [0.25, 0.3) is 5.69 Å². The van der Waals surface area contributed by atoms with Gasteiger partial charge in [0.15, 0.2) is 9.84 Å². The van der Waals surface area contributed by atoms with Crippen molar-refractivity contribution >= 4 is 27.1 Å². The molecule has 0 amide bonds. The van der Waals surface area contributed by atoms with E-state index >= 15 is 0 Å². The molecule has 0 aliphatic rings. The number of hydrogen-bond acceptors (Lipinski definition) is 5. The molecule has 0 aliphatic carbocycles. The van der Waals surface area contributed by atoms with E-state index in [2.05, 4.69) is 0 Å². The van der Waals surface area contributed by atoms with Crippen LogP contribution in [0.3, 0.4) is 0 Å². The largest absolute Gasteiger partial charge is 0.492 e. The number of benzene rings is 1. The zero-order valence-electron chi connectivity index (χ0n) is 11.0. The number of ether oxygens (including phenoxy) is 1. The van der Waals surface area contributed by atoms with Crippen LogP contribution in [0.25, 0.3) is 0 Å². The molecule has 0 saturated carbocycles. The molecule has 6 nitrogen and oxygen atoms in total. The summed E-state index contributed by atoms with van der Waals surface area (Å²) in [6, 6.07) is 4.05. The van der Waals surface area contributed by atoms with Crippen LogP contribution < -0.4 is 4.74 Å². The Morgan fingerprint density at radius 3 is 2.60 bits per heavy atom. The number of halogens is 1. The van der Waals surface area contributed by atoms with Crippen molar-refractivity contribution < 1.29 is 18.1 Å². The summed E-state index contributed by atoms with van der Waals surface area (Å²) in [6.07, 6.45) is 0.562. The smallest absolute Gasteiger partial charge is 0.270 e. The predicted octanol–water partition coefficient (Wildman–Crippen LogP) is 2.54. The summed E-state index contributed by atoms with van der Waals surface area (Å²) in [6.45, 7) is 1.80. The first-order chi connectivity index (χ1) is 9.39. The quantitative estimate of drug-likeness (QED) is 0.417. The van der Waals surface area contributed by atoms with Crippen molar-refractivity contribution in [2.45, 2.75) is 19.2 Å². The Hall–Kier alpha value is -1.34. The van der Waals surface area contributed by atoms with Crippen LogP contribution in [0, 0.1) is 10.1 Å². The number of nitrogens with zero attached hydrogens (tertiary/aromatic N) is 1. The van der Waals surface area contributed by atoms with Gasteiger partial charge in [-0.05, 0) is 12.5 Å². The van der Waals surface area contributed by atoms with E-state index in [-0.39, 0.29) is 29.7 Å². The van der Waals surface area contributed by atoms with Crippen molar-refractivity contribution in [1.82, 2.24) is 0 Å². The van der Waals surface area contributed by atoms with Gasteiger partial charge in [-0.25, -0.2) is 8.42 Å². The Bertz CT molecular complexity index is 573. The summed E-state index contributed by atoms with van der Waals surface area (Å²) in [5, 5.41) is 10.6. The van der Waals surface area contributed by atoms with Gasteiger partial charge in [0, 0.05) is 17.7 Å². The highest BCUT2D eigenvalue weighted by Crippen LogP contribution is 2.25. The lowest BCUT2D eigenvalue weighted by atomic mass is 10.2. The number of sulfone groups is 1. The van der Waals surface area contributed by atoms with Gasteiger partial charge >= 0.3 is 0 Å².